The van der Waals surface area contributed by atoms with E-state index in [4.69, 9.17) is 4.52 Å². The van der Waals surface area contributed by atoms with Crippen molar-refractivity contribution < 1.29 is 18.4 Å². The minimum absolute atomic E-state index is 0.0121. The van der Waals surface area contributed by atoms with E-state index in [-0.39, 0.29) is 17.8 Å². The summed E-state index contributed by atoms with van der Waals surface area (Å²) in [5, 5.41) is 0.0121. The Morgan fingerprint density at radius 2 is 2.06 bits per heavy atom. The quantitative estimate of drug-likeness (QED) is 0.831. The summed E-state index contributed by atoms with van der Waals surface area (Å²) in [4.78, 5) is 9.58. The fraction of sp³-hybridized carbons (Fsp3) is 0.455. The number of hydrogen-bond acceptors (Lipinski definition) is 2. The van der Waals surface area contributed by atoms with Crippen LogP contribution in [-0.4, -0.2) is 11.5 Å². The Bertz CT molecular complexity index is 418. The lowest BCUT2D eigenvalue weighted by atomic mass is 10.0. The fourth-order valence-electron chi connectivity index (χ4n) is 1.34. The Morgan fingerprint density at radius 1 is 1.44 bits per heavy atom. The minimum atomic E-state index is -3.88. The molecule has 0 heterocycles. The molecule has 0 aliphatic rings. The van der Waals surface area contributed by atoms with Gasteiger partial charge in [-0.05, 0) is 36.6 Å². The molecule has 0 bridgehead atoms. The summed E-state index contributed by atoms with van der Waals surface area (Å²) in [7, 11) is -3.88. The molecule has 1 atom stereocenters. The molecule has 0 amide bonds. The number of rotatable bonds is 4. The summed E-state index contributed by atoms with van der Waals surface area (Å²) in [6.45, 7) is 5.51. The molecule has 1 N–H and O–H groups in total. The van der Waals surface area contributed by atoms with Crippen molar-refractivity contribution in [3.63, 3.8) is 0 Å². The first-order chi connectivity index (χ1) is 7.36. The summed E-state index contributed by atoms with van der Waals surface area (Å²) >= 11 is 0. The SMILES string of the molecule is CCOP(=O)(O)c1cc(F)cc(C(C)C)c1. The Labute approximate surface area is 94.8 Å². The number of benzene rings is 1. The third-order valence-corrected chi connectivity index (χ3v) is 3.72. The van der Waals surface area contributed by atoms with Gasteiger partial charge in [-0.25, -0.2) is 4.39 Å². The maximum atomic E-state index is 13.3. The standard InChI is InChI=1S/C11H16FO3P/c1-4-15-16(13,14)11-6-9(8(2)3)5-10(12)7-11/h5-8H,4H2,1-3H3,(H,13,14). The van der Waals surface area contributed by atoms with E-state index in [1.165, 1.54) is 12.1 Å². The highest BCUT2D eigenvalue weighted by atomic mass is 31.2. The second-order valence-electron chi connectivity index (χ2n) is 3.84. The van der Waals surface area contributed by atoms with Crippen molar-refractivity contribution in [2.45, 2.75) is 26.7 Å². The van der Waals surface area contributed by atoms with Crippen LogP contribution in [0.3, 0.4) is 0 Å². The van der Waals surface area contributed by atoms with Gasteiger partial charge in [0.1, 0.15) is 5.82 Å². The fourth-order valence-corrected chi connectivity index (χ4v) is 2.44. The number of halogens is 1. The van der Waals surface area contributed by atoms with Crippen LogP contribution in [0.25, 0.3) is 0 Å². The predicted octanol–water partition coefficient (Wildman–Crippen LogP) is 2.80. The number of hydrogen-bond donors (Lipinski definition) is 1. The first kappa shape index (κ1) is 13.4. The predicted molar refractivity (Wildman–Crippen MR) is 61.6 cm³/mol. The van der Waals surface area contributed by atoms with Gasteiger partial charge in [0, 0.05) is 0 Å². The molecule has 0 saturated heterocycles. The van der Waals surface area contributed by atoms with Crippen molar-refractivity contribution >= 4 is 12.9 Å². The third-order valence-electron chi connectivity index (χ3n) is 2.20. The Kier molecular flexibility index (Phi) is 4.25. The zero-order chi connectivity index (χ0) is 12.3. The Hall–Kier alpha value is -0.700. The molecule has 1 unspecified atom stereocenters. The van der Waals surface area contributed by atoms with Gasteiger partial charge >= 0.3 is 7.60 Å². The monoisotopic (exact) mass is 246 g/mol. The average Bonchev–Trinajstić information content (AvgIpc) is 2.16. The topological polar surface area (TPSA) is 46.5 Å². The zero-order valence-electron chi connectivity index (χ0n) is 9.61. The second kappa shape index (κ2) is 5.09. The van der Waals surface area contributed by atoms with Crippen LogP contribution in [0.1, 0.15) is 32.3 Å². The lowest BCUT2D eigenvalue weighted by molar-refractivity contribution is 0.284. The van der Waals surface area contributed by atoms with Crippen LogP contribution in [0.15, 0.2) is 18.2 Å². The minimum Gasteiger partial charge on any atom is -0.321 e. The third kappa shape index (κ3) is 3.14. The zero-order valence-corrected chi connectivity index (χ0v) is 10.5. The van der Waals surface area contributed by atoms with Gasteiger partial charge in [0.2, 0.25) is 0 Å². The molecule has 1 aromatic rings. The van der Waals surface area contributed by atoms with Gasteiger partial charge in [0.15, 0.2) is 0 Å². The van der Waals surface area contributed by atoms with Crippen molar-refractivity contribution in [3.05, 3.63) is 29.6 Å². The Balaban J connectivity index is 3.19. The molecule has 0 fully saturated rings. The van der Waals surface area contributed by atoms with Crippen LogP contribution >= 0.6 is 7.60 Å². The van der Waals surface area contributed by atoms with Gasteiger partial charge in [-0.1, -0.05) is 13.8 Å². The van der Waals surface area contributed by atoms with Gasteiger partial charge in [-0.15, -0.1) is 0 Å². The summed E-state index contributed by atoms with van der Waals surface area (Å²) in [6, 6.07) is 3.92. The molecule has 0 aliphatic heterocycles. The molecule has 1 aromatic carbocycles. The largest absolute Gasteiger partial charge is 0.358 e. The van der Waals surface area contributed by atoms with Crippen LogP contribution in [0.2, 0.25) is 0 Å². The van der Waals surface area contributed by atoms with Crippen molar-refractivity contribution in [3.8, 4) is 0 Å². The molecule has 90 valence electrons. The first-order valence-electron chi connectivity index (χ1n) is 5.15. The molecule has 5 heteroatoms. The van der Waals surface area contributed by atoms with Crippen molar-refractivity contribution in [1.82, 2.24) is 0 Å². The van der Waals surface area contributed by atoms with Gasteiger partial charge in [0.05, 0.1) is 11.9 Å². The molecule has 16 heavy (non-hydrogen) atoms. The first-order valence-corrected chi connectivity index (χ1v) is 6.73. The summed E-state index contributed by atoms with van der Waals surface area (Å²) in [6.07, 6.45) is 0. The molecule has 0 saturated carbocycles. The summed E-state index contributed by atoms with van der Waals surface area (Å²) in [5.74, 6) is -0.425. The average molecular weight is 246 g/mol. The van der Waals surface area contributed by atoms with E-state index in [2.05, 4.69) is 0 Å². The molecule has 0 aliphatic carbocycles. The molecule has 3 nitrogen and oxygen atoms in total. The van der Waals surface area contributed by atoms with Crippen LogP contribution < -0.4 is 5.30 Å². The van der Waals surface area contributed by atoms with E-state index >= 15 is 0 Å². The van der Waals surface area contributed by atoms with Crippen molar-refractivity contribution in [1.29, 1.82) is 0 Å². The summed E-state index contributed by atoms with van der Waals surface area (Å²) < 4.78 is 29.7. The van der Waals surface area contributed by atoms with Crippen LogP contribution in [0.4, 0.5) is 4.39 Å². The van der Waals surface area contributed by atoms with E-state index in [0.717, 1.165) is 6.07 Å². The maximum Gasteiger partial charge on any atom is 0.358 e. The van der Waals surface area contributed by atoms with Crippen LogP contribution in [0.5, 0.6) is 0 Å². The van der Waals surface area contributed by atoms with E-state index < -0.39 is 13.4 Å². The second-order valence-corrected chi connectivity index (χ2v) is 5.65. The van der Waals surface area contributed by atoms with Crippen molar-refractivity contribution in [2.24, 2.45) is 0 Å². The molecular formula is C11H16FO3P. The van der Waals surface area contributed by atoms with Crippen LogP contribution in [0, 0.1) is 5.82 Å². The molecule has 0 spiro atoms. The lowest BCUT2D eigenvalue weighted by Crippen LogP contribution is -2.10. The highest BCUT2D eigenvalue weighted by Gasteiger charge is 2.23. The van der Waals surface area contributed by atoms with Gasteiger partial charge in [0.25, 0.3) is 0 Å². The van der Waals surface area contributed by atoms with Gasteiger partial charge in [-0.3, -0.25) is 4.57 Å². The lowest BCUT2D eigenvalue weighted by Gasteiger charge is -2.13. The van der Waals surface area contributed by atoms with E-state index in [0.29, 0.717) is 5.56 Å². The maximum absolute atomic E-state index is 13.3. The van der Waals surface area contributed by atoms with E-state index in [1.807, 2.05) is 13.8 Å². The molecule has 0 radical (unpaired) electrons. The smallest absolute Gasteiger partial charge is 0.321 e. The van der Waals surface area contributed by atoms with Gasteiger partial charge < -0.3 is 9.42 Å². The highest BCUT2D eigenvalue weighted by Crippen LogP contribution is 2.41. The molecule has 1 rings (SSSR count). The highest BCUT2D eigenvalue weighted by molar-refractivity contribution is 7.61. The summed E-state index contributed by atoms with van der Waals surface area (Å²) in [5.41, 5.74) is 0.684. The van der Waals surface area contributed by atoms with E-state index in [9.17, 15) is 13.8 Å². The Morgan fingerprint density at radius 3 is 2.56 bits per heavy atom. The normalized spacial score (nSPS) is 15.1. The van der Waals surface area contributed by atoms with Crippen molar-refractivity contribution in [2.75, 3.05) is 6.61 Å². The molecule has 0 aromatic heterocycles. The van der Waals surface area contributed by atoms with Gasteiger partial charge in [-0.2, -0.15) is 0 Å². The molecular weight excluding hydrogens is 230 g/mol. The van der Waals surface area contributed by atoms with Crippen LogP contribution in [-0.2, 0) is 9.09 Å². The van der Waals surface area contributed by atoms with E-state index in [1.54, 1.807) is 6.92 Å².